The van der Waals surface area contributed by atoms with E-state index in [0.717, 1.165) is 5.56 Å². The third kappa shape index (κ3) is 5.58. The molecule has 1 aromatic carbocycles. The minimum absolute atomic E-state index is 0.0549. The van der Waals surface area contributed by atoms with Gasteiger partial charge < -0.3 is 25.2 Å². The molecule has 0 radical (unpaired) electrons. The molecule has 0 spiro atoms. The SMILES string of the molecule is CN[C@@H](C)C(=O)N[C@H](C(=O)N1CC[C@@H]2[C@H]1[C@@H](OCc1ccc(F)cc1)CN2C(C)=O)C(C)(C)C. The van der Waals surface area contributed by atoms with Crippen LogP contribution in [0.2, 0.25) is 0 Å². The summed E-state index contributed by atoms with van der Waals surface area (Å²) in [5, 5.41) is 5.83. The van der Waals surface area contributed by atoms with Gasteiger partial charge >= 0.3 is 0 Å². The average molecular weight is 477 g/mol. The van der Waals surface area contributed by atoms with Gasteiger partial charge in [0.1, 0.15) is 11.9 Å². The van der Waals surface area contributed by atoms with Gasteiger partial charge in [-0.15, -0.1) is 0 Å². The Labute approximate surface area is 201 Å². The Balaban J connectivity index is 1.82. The maximum absolute atomic E-state index is 13.8. The summed E-state index contributed by atoms with van der Waals surface area (Å²) in [6.45, 7) is 10.2. The van der Waals surface area contributed by atoms with E-state index in [1.54, 1.807) is 35.9 Å². The predicted octanol–water partition coefficient (Wildman–Crippen LogP) is 1.68. The average Bonchev–Trinajstić information content (AvgIpc) is 3.36. The van der Waals surface area contributed by atoms with Crippen molar-refractivity contribution in [3.63, 3.8) is 0 Å². The van der Waals surface area contributed by atoms with Crippen LogP contribution in [0.25, 0.3) is 0 Å². The maximum Gasteiger partial charge on any atom is 0.246 e. The molecule has 8 nitrogen and oxygen atoms in total. The van der Waals surface area contributed by atoms with E-state index in [1.165, 1.54) is 19.1 Å². The first-order valence-electron chi connectivity index (χ1n) is 11.9. The Morgan fingerprint density at radius 1 is 1.18 bits per heavy atom. The van der Waals surface area contributed by atoms with E-state index in [9.17, 15) is 18.8 Å². The van der Waals surface area contributed by atoms with Crippen LogP contribution in [0.5, 0.6) is 0 Å². The summed E-state index contributed by atoms with van der Waals surface area (Å²) in [6.07, 6.45) is 0.280. The third-order valence-electron chi connectivity index (χ3n) is 6.87. The predicted molar refractivity (Wildman–Crippen MR) is 126 cm³/mol. The molecule has 34 heavy (non-hydrogen) atoms. The van der Waals surface area contributed by atoms with Crippen LogP contribution in [0.3, 0.4) is 0 Å². The summed E-state index contributed by atoms with van der Waals surface area (Å²) in [4.78, 5) is 42.3. The number of likely N-dealkylation sites (tertiary alicyclic amines) is 2. The van der Waals surface area contributed by atoms with Gasteiger partial charge in [-0.3, -0.25) is 14.4 Å². The van der Waals surface area contributed by atoms with Crippen molar-refractivity contribution in [2.75, 3.05) is 20.1 Å². The molecular formula is C25H37FN4O4. The number of fused-ring (bicyclic) bond motifs is 1. The van der Waals surface area contributed by atoms with Crippen LogP contribution in [0.1, 0.15) is 46.6 Å². The fourth-order valence-corrected chi connectivity index (χ4v) is 4.79. The number of rotatable bonds is 7. The summed E-state index contributed by atoms with van der Waals surface area (Å²) in [7, 11) is 1.70. The Bertz CT molecular complexity index is 901. The Hall–Kier alpha value is -2.52. The van der Waals surface area contributed by atoms with Gasteiger partial charge in [-0.25, -0.2) is 4.39 Å². The first kappa shape index (κ1) is 26.1. The van der Waals surface area contributed by atoms with Gasteiger partial charge in [-0.1, -0.05) is 32.9 Å². The highest BCUT2D eigenvalue weighted by atomic mass is 19.1. The Kier molecular flexibility index (Phi) is 7.98. The van der Waals surface area contributed by atoms with Gasteiger partial charge in [-0.2, -0.15) is 0 Å². The van der Waals surface area contributed by atoms with Crippen LogP contribution in [-0.2, 0) is 25.7 Å². The first-order valence-corrected chi connectivity index (χ1v) is 11.9. The van der Waals surface area contributed by atoms with Gasteiger partial charge in [-0.05, 0) is 43.5 Å². The van der Waals surface area contributed by atoms with Crippen LogP contribution in [0.4, 0.5) is 4.39 Å². The Morgan fingerprint density at radius 3 is 2.38 bits per heavy atom. The van der Waals surface area contributed by atoms with Crippen molar-refractivity contribution in [1.82, 2.24) is 20.4 Å². The van der Waals surface area contributed by atoms with Crippen molar-refractivity contribution < 1.29 is 23.5 Å². The van der Waals surface area contributed by atoms with E-state index in [0.29, 0.717) is 19.5 Å². The number of hydrogen-bond acceptors (Lipinski definition) is 5. The van der Waals surface area contributed by atoms with E-state index in [2.05, 4.69) is 10.6 Å². The smallest absolute Gasteiger partial charge is 0.246 e. The number of carbonyl (C=O) groups is 3. The molecule has 2 aliphatic rings. The molecule has 0 aromatic heterocycles. The van der Waals surface area contributed by atoms with E-state index < -0.39 is 17.5 Å². The minimum atomic E-state index is -0.723. The van der Waals surface area contributed by atoms with E-state index in [4.69, 9.17) is 4.74 Å². The van der Waals surface area contributed by atoms with Crippen molar-refractivity contribution in [3.8, 4) is 0 Å². The zero-order valence-corrected chi connectivity index (χ0v) is 20.9. The molecule has 2 heterocycles. The van der Waals surface area contributed by atoms with Gasteiger partial charge in [0.15, 0.2) is 0 Å². The number of carbonyl (C=O) groups excluding carboxylic acids is 3. The molecule has 1 aromatic rings. The lowest BCUT2D eigenvalue weighted by Gasteiger charge is -2.37. The second-order valence-electron chi connectivity index (χ2n) is 10.3. The first-order chi connectivity index (χ1) is 15.9. The van der Waals surface area contributed by atoms with Gasteiger partial charge in [0.25, 0.3) is 0 Å². The molecule has 3 amide bonds. The van der Waals surface area contributed by atoms with Crippen LogP contribution in [-0.4, -0.2) is 77.9 Å². The molecule has 0 aliphatic carbocycles. The van der Waals surface area contributed by atoms with Crippen LogP contribution < -0.4 is 10.6 Å². The quantitative estimate of drug-likeness (QED) is 0.625. The summed E-state index contributed by atoms with van der Waals surface area (Å²) < 4.78 is 19.5. The fourth-order valence-electron chi connectivity index (χ4n) is 4.79. The second kappa shape index (κ2) is 10.4. The molecule has 0 unspecified atom stereocenters. The normalized spacial score (nSPS) is 24.0. The van der Waals surface area contributed by atoms with E-state index in [-0.39, 0.29) is 48.3 Å². The van der Waals surface area contributed by atoms with Crippen molar-refractivity contribution >= 4 is 17.7 Å². The number of benzene rings is 1. The number of likely N-dealkylation sites (N-methyl/N-ethyl adjacent to an activating group) is 1. The maximum atomic E-state index is 13.8. The standard InChI is InChI=1S/C25H37FN4O4/c1-15(27-6)23(32)28-22(25(3,4)5)24(33)29-12-11-19-21(29)20(13-30(19)16(2)31)34-14-17-7-9-18(26)10-8-17/h7-10,15,19-22,27H,11-14H2,1-6H3,(H,28,32)/t15-,19+,20-,21-,22+/m0/s1. The highest BCUT2D eigenvalue weighted by Gasteiger charge is 2.53. The number of nitrogens with one attached hydrogen (secondary N) is 2. The number of ether oxygens (including phenoxy) is 1. The monoisotopic (exact) mass is 476 g/mol. The molecule has 2 aliphatic heterocycles. The lowest BCUT2D eigenvalue weighted by Crippen LogP contribution is -2.59. The van der Waals surface area contributed by atoms with E-state index >= 15 is 0 Å². The van der Waals surface area contributed by atoms with Gasteiger partial charge in [0, 0.05) is 20.0 Å². The lowest BCUT2D eigenvalue weighted by atomic mass is 9.85. The van der Waals surface area contributed by atoms with Gasteiger partial charge in [0.05, 0.1) is 30.8 Å². The fraction of sp³-hybridized carbons (Fsp3) is 0.640. The zero-order chi connectivity index (χ0) is 25.2. The molecule has 0 bridgehead atoms. The highest BCUT2D eigenvalue weighted by Crippen LogP contribution is 2.36. The summed E-state index contributed by atoms with van der Waals surface area (Å²) >= 11 is 0. The van der Waals surface area contributed by atoms with Crippen molar-refractivity contribution in [1.29, 1.82) is 0 Å². The molecule has 2 N–H and O–H groups in total. The van der Waals surface area contributed by atoms with Crippen LogP contribution in [0.15, 0.2) is 24.3 Å². The van der Waals surface area contributed by atoms with Gasteiger partial charge in [0.2, 0.25) is 17.7 Å². The zero-order valence-electron chi connectivity index (χ0n) is 20.9. The van der Waals surface area contributed by atoms with Crippen molar-refractivity contribution in [3.05, 3.63) is 35.6 Å². The third-order valence-corrected chi connectivity index (χ3v) is 6.87. The molecule has 2 fully saturated rings. The van der Waals surface area contributed by atoms with Crippen LogP contribution >= 0.6 is 0 Å². The highest BCUT2D eigenvalue weighted by molar-refractivity contribution is 5.90. The molecule has 5 atom stereocenters. The van der Waals surface area contributed by atoms with Crippen LogP contribution in [0, 0.1) is 11.2 Å². The number of hydrogen-bond donors (Lipinski definition) is 2. The minimum Gasteiger partial charge on any atom is -0.369 e. The molecule has 3 rings (SSSR count). The summed E-state index contributed by atoms with van der Waals surface area (Å²) in [6, 6.07) is 4.49. The number of amides is 3. The molecular weight excluding hydrogens is 439 g/mol. The summed E-state index contributed by atoms with van der Waals surface area (Å²) in [5.41, 5.74) is 0.303. The molecule has 2 saturated heterocycles. The van der Waals surface area contributed by atoms with Crippen molar-refractivity contribution in [2.45, 2.75) is 77.9 Å². The van der Waals surface area contributed by atoms with Crippen molar-refractivity contribution in [2.24, 2.45) is 5.41 Å². The molecule has 188 valence electrons. The second-order valence-corrected chi connectivity index (χ2v) is 10.3. The van der Waals surface area contributed by atoms with E-state index in [1.807, 2.05) is 20.8 Å². The number of nitrogens with zero attached hydrogens (tertiary/aromatic N) is 2. The largest absolute Gasteiger partial charge is 0.369 e. The summed E-state index contributed by atoms with van der Waals surface area (Å²) in [5.74, 6) is -0.784. The molecule has 0 saturated carbocycles. The molecule has 9 heteroatoms. The Morgan fingerprint density at radius 2 is 1.82 bits per heavy atom. The topological polar surface area (TPSA) is 91.0 Å². The lowest BCUT2D eigenvalue weighted by molar-refractivity contribution is -0.142. The number of halogens is 1.